The predicted octanol–water partition coefficient (Wildman–Crippen LogP) is 1.16. The Morgan fingerprint density at radius 1 is 1.36 bits per heavy atom. The minimum Gasteiger partial charge on any atom is -0.506 e. The summed E-state index contributed by atoms with van der Waals surface area (Å²) in [5.74, 6) is -0.265. The first kappa shape index (κ1) is 17.1. The van der Waals surface area contributed by atoms with Crippen LogP contribution in [0.2, 0.25) is 0 Å². The minimum absolute atomic E-state index is 0.0602. The monoisotopic (exact) mass is 348 g/mol. The number of hydrogen-bond acceptors (Lipinski definition) is 6. The SMILES string of the molecule is COc1cc2[nH]c(=O)c(C(=O)NC[C@@H]3CCCO3)c(O)c2cc1OC. The van der Waals surface area contributed by atoms with Crippen LogP contribution in [0.15, 0.2) is 16.9 Å². The third-order valence-electron chi connectivity index (χ3n) is 4.23. The van der Waals surface area contributed by atoms with Crippen molar-refractivity contribution in [2.45, 2.75) is 18.9 Å². The highest BCUT2D eigenvalue weighted by molar-refractivity contribution is 6.02. The van der Waals surface area contributed by atoms with Gasteiger partial charge in [0.05, 0.1) is 25.8 Å². The zero-order valence-electron chi connectivity index (χ0n) is 14.0. The lowest BCUT2D eigenvalue weighted by atomic mass is 10.1. The van der Waals surface area contributed by atoms with Crippen LogP contribution < -0.4 is 20.3 Å². The summed E-state index contributed by atoms with van der Waals surface area (Å²) in [5, 5.41) is 13.4. The smallest absolute Gasteiger partial charge is 0.265 e. The Hall–Kier alpha value is -2.74. The van der Waals surface area contributed by atoms with Gasteiger partial charge in [-0.25, -0.2) is 0 Å². The van der Waals surface area contributed by atoms with E-state index in [0.717, 1.165) is 12.8 Å². The maximum atomic E-state index is 12.4. The van der Waals surface area contributed by atoms with Gasteiger partial charge >= 0.3 is 0 Å². The predicted molar refractivity (Wildman–Crippen MR) is 90.6 cm³/mol. The molecule has 0 saturated carbocycles. The highest BCUT2D eigenvalue weighted by Gasteiger charge is 2.22. The number of nitrogens with one attached hydrogen (secondary N) is 2. The average molecular weight is 348 g/mol. The Morgan fingerprint density at radius 2 is 2.08 bits per heavy atom. The number of methoxy groups -OCH3 is 2. The first-order valence-corrected chi connectivity index (χ1v) is 7.96. The van der Waals surface area contributed by atoms with E-state index >= 15 is 0 Å². The average Bonchev–Trinajstić information content (AvgIpc) is 3.12. The number of aromatic nitrogens is 1. The molecular formula is C17H20N2O6. The van der Waals surface area contributed by atoms with E-state index < -0.39 is 17.2 Å². The fraction of sp³-hybridized carbons (Fsp3) is 0.412. The number of aromatic hydroxyl groups is 1. The van der Waals surface area contributed by atoms with Crippen LogP contribution in [0.1, 0.15) is 23.2 Å². The van der Waals surface area contributed by atoms with Gasteiger partial charge in [0.1, 0.15) is 11.3 Å². The van der Waals surface area contributed by atoms with E-state index in [4.69, 9.17) is 14.2 Å². The number of fused-ring (bicyclic) bond motifs is 1. The van der Waals surface area contributed by atoms with E-state index in [1.807, 2.05) is 0 Å². The number of benzene rings is 1. The fourth-order valence-electron chi connectivity index (χ4n) is 2.92. The Morgan fingerprint density at radius 3 is 2.72 bits per heavy atom. The first-order valence-electron chi connectivity index (χ1n) is 7.96. The third-order valence-corrected chi connectivity index (χ3v) is 4.23. The number of amides is 1. The van der Waals surface area contributed by atoms with E-state index in [-0.39, 0.29) is 11.7 Å². The van der Waals surface area contributed by atoms with Crippen LogP contribution in [0, 0.1) is 0 Å². The van der Waals surface area contributed by atoms with Gasteiger partial charge in [0, 0.05) is 24.6 Å². The summed E-state index contributed by atoms with van der Waals surface area (Å²) in [4.78, 5) is 27.2. The normalized spacial score (nSPS) is 16.8. The van der Waals surface area contributed by atoms with Gasteiger partial charge in [0.25, 0.3) is 11.5 Å². The van der Waals surface area contributed by atoms with Gasteiger partial charge in [0.15, 0.2) is 11.5 Å². The molecule has 2 aromatic rings. The topological polar surface area (TPSA) is 110 Å². The van der Waals surface area contributed by atoms with Crippen molar-refractivity contribution in [3.63, 3.8) is 0 Å². The molecule has 0 spiro atoms. The van der Waals surface area contributed by atoms with Crippen molar-refractivity contribution in [1.29, 1.82) is 0 Å². The standard InChI is InChI=1S/C17H20N2O6/c1-23-12-6-10-11(7-13(12)24-2)19-17(22)14(15(10)20)16(21)18-8-9-4-3-5-25-9/h6-7,9H,3-5,8H2,1-2H3,(H,18,21)(H2,19,20,22)/t9-/m0/s1. The molecule has 1 aliphatic heterocycles. The highest BCUT2D eigenvalue weighted by atomic mass is 16.5. The summed E-state index contributed by atoms with van der Waals surface area (Å²) in [6.45, 7) is 0.964. The molecule has 0 radical (unpaired) electrons. The summed E-state index contributed by atoms with van der Waals surface area (Å²) in [6, 6.07) is 3.04. The second kappa shape index (κ2) is 7.02. The fourth-order valence-corrected chi connectivity index (χ4v) is 2.92. The van der Waals surface area contributed by atoms with E-state index in [9.17, 15) is 14.7 Å². The van der Waals surface area contributed by atoms with Gasteiger partial charge in [-0.1, -0.05) is 0 Å². The Labute approximate surface area is 143 Å². The number of aromatic amines is 1. The molecule has 25 heavy (non-hydrogen) atoms. The Kier molecular flexibility index (Phi) is 4.80. The molecule has 2 heterocycles. The van der Waals surface area contributed by atoms with Crippen molar-refractivity contribution >= 4 is 16.8 Å². The molecule has 1 atom stereocenters. The van der Waals surface area contributed by atoms with Gasteiger partial charge < -0.3 is 29.6 Å². The van der Waals surface area contributed by atoms with E-state index in [1.165, 1.54) is 26.4 Å². The zero-order chi connectivity index (χ0) is 18.0. The van der Waals surface area contributed by atoms with Crippen molar-refractivity contribution < 1.29 is 24.1 Å². The van der Waals surface area contributed by atoms with E-state index in [0.29, 0.717) is 35.6 Å². The number of pyridine rings is 1. The number of carbonyl (C=O) groups is 1. The van der Waals surface area contributed by atoms with E-state index in [2.05, 4.69) is 10.3 Å². The Bertz CT molecular complexity index is 854. The maximum absolute atomic E-state index is 12.4. The molecule has 1 aromatic heterocycles. The number of H-pyrrole nitrogens is 1. The molecule has 1 saturated heterocycles. The number of carbonyl (C=O) groups excluding carboxylic acids is 1. The molecule has 0 aliphatic carbocycles. The lowest BCUT2D eigenvalue weighted by molar-refractivity contribution is 0.0854. The van der Waals surface area contributed by atoms with Gasteiger partial charge in [-0.3, -0.25) is 9.59 Å². The Balaban J connectivity index is 1.97. The molecular weight excluding hydrogens is 328 g/mol. The van der Waals surface area contributed by atoms with Gasteiger partial charge in [-0.05, 0) is 18.9 Å². The molecule has 1 aliphatic rings. The van der Waals surface area contributed by atoms with Crippen molar-refractivity contribution in [3.8, 4) is 17.2 Å². The molecule has 8 nitrogen and oxygen atoms in total. The molecule has 3 rings (SSSR count). The van der Waals surface area contributed by atoms with Crippen LogP contribution in [0.3, 0.4) is 0 Å². The van der Waals surface area contributed by atoms with Crippen LogP contribution in [0.5, 0.6) is 17.2 Å². The van der Waals surface area contributed by atoms with Gasteiger partial charge in [0.2, 0.25) is 0 Å². The van der Waals surface area contributed by atoms with Crippen LogP contribution in [-0.4, -0.2) is 49.5 Å². The van der Waals surface area contributed by atoms with E-state index in [1.54, 1.807) is 0 Å². The molecule has 3 N–H and O–H groups in total. The summed E-state index contributed by atoms with van der Waals surface area (Å²) in [7, 11) is 2.93. The quantitative estimate of drug-likeness (QED) is 0.748. The number of hydrogen-bond donors (Lipinski definition) is 3. The van der Waals surface area contributed by atoms with Crippen LogP contribution in [0.4, 0.5) is 0 Å². The van der Waals surface area contributed by atoms with Crippen molar-refractivity contribution in [2.24, 2.45) is 0 Å². The minimum atomic E-state index is -0.679. The summed E-state index contributed by atoms with van der Waals surface area (Å²) in [5.41, 5.74) is -0.671. The zero-order valence-corrected chi connectivity index (χ0v) is 14.0. The summed E-state index contributed by atoms with van der Waals surface area (Å²) in [6.07, 6.45) is 1.75. The largest absolute Gasteiger partial charge is 0.506 e. The van der Waals surface area contributed by atoms with Crippen molar-refractivity contribution in [3.05, 3.63) is 28.0 Å². The number of ether oxygens (including phenoxy) is 3. The molecule has 1 fully saturated rings. The molecule has 0 unspecified atom stereocenters. The molecule has 134 valence electrons. The lowest BCUT2D eigenvalue weighted by Crippen LogP contribution is -2.35. The third kappa shape index (κ3) is 3.25. The van der Waals surface area contributed by atoms with Crippen LogP contribution in [-0.2, 0) is 4.74 Å². The van der Waals surface area contributed by atoms with Crippen molar-refractivity contribution in [2.75, 3.05) is 27.4 Å². The number of rotatable bonds is 5. The molecule has 1 aromatic carbocycles. The van der Waals surface area contributed by atoms with Crippen LogP contribution in [0.25, 0.3) is 10.9 Å². The molecule has 0 bridgehead atoms. The molecule has 8 heteroatoms. The first-order chi connectivity index (χ1) is 12.0. The van der Waals surface area contributed by atoms with Gasteiger partial charge in [-0.2, -0.15) is 0 Å². The highest BCUT2D eigenvalue weighted by Crippen LogP contribution is 2.35. The second-order valence-corrected chi connectivity index (χ2v) is 5.78. The van der Waals surface area contributed by atoms with Crippen LogP contribution >= 0.6 is 0 Å². The van der Waals surface area contributed by atoms with Crippen molar-refractivity contribution in [1.82, 2.24) is 10.3 Å². The second-order valence-electron chi connectivity index (χ2n) is 5.78. The molecule has 1 amide bonds. The lowest BCUT2D eigenvalue weighted by Gasteiger charge is -2.13. The van der Waals surface area contributed by atoms with Gasteiger partial charge in [-0.15, -0.1) is 0 Å². The summed E-state index contributed by atoms with van der Waals surface area (Å²) >= 11 is 0. The maximum Gasteiger partial charge on any atom is 0.265 e. The summed E-state index contributed by atoms with van der Waals surface area (Å²) < 4.78 is 15.8.